The summed E-state index contributed by atoms with van der Waals surface area (Å²) in [5.41, 5.74) is 4.52. The maximum absolute atomic E-state index is 11.1. The van der Waals surface area contributed by atoms with Crippen molar-refractivity contribution in [2.75, 3.05) is 20.2 Å². The molecule has 2 aromatic rings. The summed E-state index contributed by atoms with van der Waals surface area (Å²) < 4.78 is 5.48. The molecule has 0 unspecified atom stereocenters. The first-order valence-electron chi connectivity index (χ1n) is 8.22. The average molecular weight is 327 g/mol. The average Bonchev–Trinajstić information content (AvgIpc) is 2.55. The second-order valence-corrected chi connectivity index (χ2v) is 5.95. The van der Waals surface area contributed by atoms with Gasteiger partial charge in [0.1, 0.15) is 5.75 Å². The van der Waals surface area contributed by atoms with Crippen LogP contribution >= 0.6 is 0 Å². The molecule has 0 spiro atoms. The van der Waals surface area contributed by atoms with Gasteiger partial charge in [0, 0.05) is 12.1 Å². The second-order valence-electron chi connectivity index (χ2n) is 5.95. The van der Waals surface area contributed by atoms with Crippen LogP contribution in [0.15, 0.2) is 42.5 Å². The van der Waals surface area contributed by atoms with Gasteiger partial charge in [0.2, 0.25) is 0 Å². The minimum atomic E-state index is -0.808. The third-order valence-electron chi connectivity index (χ3n) is 4.03. The van der Waals surface area contributed by atoms with Crippen LogP contribution in [0.5, 0.6) is 5.75 Å². The third-order valence-corrected chi connectivity index (χ3v) is 4.03. The molecule has 0 aromatic heterocycles. The molecular formula is C20H25NO3. The predicted octanol–water partition coefficient (Wildman–Crippen LogP) is 3.97. The first kappa shape index (κ1) is 18.0. The number of aliphatic carboxylic acids is 1. The molecule has 0 atom stereocenters. The van der Waals surface area contributed by atoms with Crippen molar-refractivity contribution >= 4 is 5.97 Å². The molecule has 24 heavy (non-hydrogen) atoms. The highest BCUT2D eigenvalue weighted by molar-refractivity contribution is 5.70. The van der Waals surface area contributed by atoms with Crippen LogP contribution in [0.4, 0.5) is 0 Å². The molecule has 128 valence electrons. The fourth-order valence-electron chi connectivity index (χ4n) is 2.93. The molecule has 4 nitrogen and oxygen atoms in total. The summed E-state index contributed by atoms with van der Waals surface area (Å²) in [4.78, 5) is 13.0. The maximum atomic E-state index is 11.1. The van der Waals surface area contributed by atoms with E-state index in [0.29, 0.717) is 6.54 Å². The number of methoxy groups -OCH3 is 1. The van der Waals surface area contributed by atoms with Crippen LogP contribution in [0.2, 0.25) is 0 Å². The molecule has 4 heteroatoms. The summed E-state index contributed by atoms with van der Waals surface area (Å²) in [7, 11) is 1.65. The van der Waals surface area contributed by atoms with Gasteiger partial charge in [-0.2, -0.15) is 0 Å². The largest absolute Gasteiger partial charge is 0.496 e. The van der Waals surface area contributed by atoms with Crippen LogP contribution in [0.1, 0.15) is 24.5 Å². The van der Waals surface area contributed by atoms with Gasteiger partial charge in [0.25, 0.3) is 0 Å². The van der Waals surface area contributed by atoms with E-state index in [2.05, 4.69) is 32.0 Å². The number of hydrogen-bond donors (Lipinski definition) is 1. The molecule has 0 fully saturated rings. The van der Waals surface area contributed by atoms with Gasteiger partial charge < -0.3 is 9.84 Å². The molecule has 0 aliphatic heterocycles. The van der Waals surface area contributed by atoms with Crippen molar-refractivity contribution in [1.82, 2.24) is 4.90 Å². The van der Waals surface area contributed by atoms with Crippen LogP contribution in [-0.4, -0.2) is 36.2 Å². The standard InChI is InChI=1S/C20H25NO3/c1-4-11-21(14-20(22)23)13-17-12-16(9-10-19(17)24-3)18-8-6-5-7-15(18)2/h5-10,12H,4,11,13-14H2,1-3H3,(H,22,23). The quantitative estimate of drug-likeness (QED) is 0.797. The number of carboxylic acid groups (broad SMARTS) is 1. The van der Waals surface area contributed by atoms with Gasteiger partial charge in [-0.3, -0.25) is 9.69 Å². The Morgan fingerprint density at radius 1 is 1.21 bits per heavy atom. The highest BCUT2D eigenvalue weighted by Crippen LogP contribution is 2.29. The zero-order chi connectivity index (χ0) is 17.5. The van der Waals surface area contributed by atoms with Crippen molar-refractivity contribution in [3.05, 3.63) is 53.6 Å². The summed E-state index contributed by atoms with van der Waals surface area (Å²) in [6, 6.07) is 14.4. The Morgan fingerprint density at radius 3 is 2.58 bits per heavy atom. The fraction of sp³-hybridized carbons (Fsp3) is 0.350. The van der Waals surface area contributed by atoms with Crippen molar-refractivity contribution in [2.24, 2.45) is 0 Å². The van der Waals surface area contributed by atoms with Gasteiger partial charge in [-0.25, -0.2) is 0 Å². The number of carbonyl (C=O) groups is 1. The Hall–Kier alpha value is -2.33. The monoisotopic (exact) mass is 327 g/mol. The van der Waals surface area contributed by atoms with Crippen molar-refractivity contribution in [3.63, 3.8) is 0 Å². The molecule has 0 aliphatic carbocycles. The molecule has 0 heterocycles. The molecule has 2 aromatic carbocycles. The molecule has 0 amide bonds. The molecule has 0 saturated carbocycles. The smallest absolute Gasteiger partial charge is 0.317 e. The van der Waals surface area contributed by atoms with Crippen LogP contribution in [-0.2, 0) is 11.3 Å². The number of aryl methyl sites for hydroxylation is 1. The third kappa shape index (κ3) is 4.59. The van der Waals surface area contributed by atoms with Gasteiger partial charge in [-0.05, 0) is 48.7 Å². The van der Waals surface area contributed by atoms with E-state index >= 15 is 0 Å². The van der Waals surface area contributed by atoms with Crippen molar-refractivity contribution in [3.8, 4) is 16.9 Å². The normalized spacial score (nSPS) is 10.8. The summed E-state index contributed by atoms with van der Waals surface area (Å²) >= 11 is 0. The Kier molecular flexibility index (Phi) is 6.38. The van der Waals surface area contributed by atoms with Crippen LogP contribution in [0.3, 0.4) is 0 Å². The van der Waals surface area contributed by atoms with Gasteiger partial charge in [-0.15, -0.1) is 0 Å². The van der Waals surface area contributed by atoms with E-state index in [1.807, 2.05) is 29.2 Å². The lowest BCUT2D eigenvalue weighted by molar-refractivity contribution is -0.138. The number of carboxylic acids is 1. The van der Waals surface area contributed by atoms with E-state index in [9.17, 15) is 4.79 Å². The molecule has 0 bridgehead atoms. The van der Waals surface area contributed by atoms with E-state index in [4.69, 9.17) is 9.84 Å². The number of rotatable bonds is 8. The summed E-state index contributed by atoms with van der Waals surface area (Å²) in [6.45, 7) is 5.47. The SMILES string of the molecule is CCCN(CC(=O)O)Cc1cc(-c2ccccc2C)ccc1OC. The van der Waals surface area contributed by atoms with Gasteiger partial charge in [-0.1, -0.05) is 37.3 Å². The van der Waals surface area contributed by atoms with E-state index in [1.54, 1.807) is 7.11 Å². The number of nitrogens with zero attached hydrogens (tertiary/aromatic N) is 1. The predicted molar refractivity (Wildman–Crippen MR) is 96.4 cm³/mol. The lowest BCUT2D eigenvalue weighted by atomic mass is 9.98. The van der Waals surface area contributed by atoms with E-state index in [0.717, 1.165) is 29.8 Å². The summed E-state index contributed by atoms with van der Waals surface area (Å²) in [5, 5.41) is 9.11. The minimum absolute atomic E-state index is 0.0333. The first-order valence-corrected chi connectivity index (χ1v) is 8.22. The summed E-state index contributed by atoms with van der Waals surface area (Å²) in [5.74, 6) is -0.0173. The summed E-state index contributed by atoms with van der Waals surface area (Å²) in [6.07, 6.45) is 0.910. The lowest BCUT2D eigenvalue weighted by Gasteiger charge is -2.21. The number of hydrogen-bond acceptors (Lipinski definition) is 3. The van der Waals surface area contributed by atoms with E-state index in [1.165, 1.54) is 11.1 Å². The lowest BCUT2D eigenvalue weighted by Crippen LogP contribution is -2.30. The van der Waals surface area contributed by atoms with Crippen LogP contribution in [0.25, 0.3) is 11.1 Å². The van der Waals surface area contributed by atoms with Gasteiger partial charge in [0.15, 0.2) is 0 Å². The maximum Gasteiger partial charge on any atom is 0.317 e. The fourth-order valence-corrected chi connectivity index (χ4v) is 2.93. The molecule has 0 radical (unpaired) electrons. The minimum Gasteiger partial charge on any atom is -0.496 e. The zero-order valence-corrected chi connectivity index (χ0v) is 14.6. The topological polar surface area (TPSA) is 49.8 Å². The molecule has 2 rings (SSSR count). The van der Waals surface area contributed by atoms with Crippen LogP contribution in [0, 0.1) is 6.92 Å². The van der Waals surface area contributed by atoms with Gasteiger partial charge >= 0.3 is 5.97 Å². The van der Waals surface area contributed by atoms with Crippen molar-refractivity contribution < 1.29 is 14.6 Å². The number of benzene rings is 2. The first-order chi connectivity index (χ1) is 11.5. The molecular weight excluding hydrogens is 302 g/mol. The molecule has 1 N–H and O–H groups in total. The Morgan fingerprint density at radius 2 is 1.96 bits per heavy atom. The molecule has 0 saturated heterocycles. The Bertz CT molecular complexity index is 697. The van der Waals surface area contributed by atoms with Crippen molar-refractivity contribution in [1.29, 1.82) is 0 Å². The van der Waals surface area contributed by atoms with Crippen LogP contribution < -0.4 is 4.74 Å². The Labute approximate surface area is 143 Å². The number of ether oxygens (including phenoxy) is 1. The van der Waals surface area contributed by atoms with Gasteiger partial charge in [0.05, 0.1) is 13.7 Å². The highest BCUT2D eigenvalue weighted by atomic mass is 16.5. The van der Waals surface area contributed by atoms with E-state index in [-0.39, 0.29) is 6.54 Å². The second kappa shape index (κ2) is 8.50. The molecule has 0 aliphatic rings. The van der Waals surface area contributed by atoms with Crippen molar-refractivity contribution in [2.45, 2.75) is 26.8 Å². The van der Waals surface area contributed by atoms with E-state index < -0.39 is 5.97 Å². The zero-order valence-electron chi connectivity index (χ0n) is 14.6. The highest BCUT2D eigenvalue weighted by Gasteiger charge is 2.14. The Balaban J connectivity index is 2.35.